The number of rotatable bonds is 5. The van der Waals surface area contributed by atoms with E-state index in [0.29, 0.717) is 37.2 Å². The molecule has 0 bridgehead atoms. The van der Waals surface area contributed by atoms with Gasteiger partial charge in [-0.15, -0.1) is 11.3 Å². The third-order valence-corrected chi connectivity index (χ3v) is 9.99. The molecular formula is C21H33N3O3S2. The van der Waals surface area contributed by atoms with Crippen molar-refractivity contribution in [3.05, 3.63) is 16.1 Å². The summed E-state index contributed by atoms with van der Waals surface area (Å²) >= 11 is 1.57. The Morgan fingerprint density at radius 2 is 1.83 bits per heavy atom. The van der Waals surface area contributed by atoms with E-state index < -0.39 is 10.0 Å². The lowest BCUT2D eigenvalue weighted by Crippen LogP contribution is -2.49. The van der Waals surface area contributed by atoms with Gasteiger partial charge in [-0.05, 0) is 50.9 Å². The molecule has 1 aliphatic carbocycles. The Balaban J connectivity index is 1.39. The van der Waals surface area contributed by atoms with Gasteiger partial charge in [0.05, 0.1) is 10.8 Å². The van der Waals surface area contributed by atoms with Gasteiger partial charge in [-0.25, -0.2) is 17.7 Å². The van der Waals surface area contributed by atoms with Gasteiger partial charge in [0.25, 0.3) is 5.91 Å². The summed E-state index contributed by atoms with van der Waals surface area (Å²) in [5.74, 6) is 1.27. The molecule has 1 aromatic rings. The maximum atomic E-state index is 13.2. The maximum Gasteiger partial charge on any atom is 0.273 e. The molecular weight excluding hydrogens is 406 g/mol. The molecule has 2 unspecified atom stereocenters. The van der Waals surface area contributed by atoms with Crippen molar-refractivity contribution in [1.82, 2.24) is 14.2 Å². The molecule has 3 heterocycles. The summed E-state index contributed by atoms with van der Waals surface area (Å²) < 4.78 is 26.2. The molecule has 1 amide bonds. The highest BCUT2D eigenvalue weighted by atomic mass is 32.2. The van der Waals surface area contributed by atoms with Crippen molar-refractivity contribution in [1.29, 1.82) is 0 Å². The molecule has 3 fully saturated rings. The number of sulfonamides is 1. The van der Waals surface area contributed by atoms with E-state index in [1.54, 1.807) is 15.6 Å². The van der Waals surface area contributed by atoms with Gasteiger partial charge in [0.1, 0.15) is 5.69 Å². The zero-order chi connectivity index (χ0) is 20.4. The minimum atomic E-state index is -3.12. The van der Waals surface area contributed by atoms with Crippen molar-refractivity contribution in [2.24, 2.45) is 5.92 Å². The first-order chi connectivity index (χ1) is 14.0. The van der Waals surface area contributed by atoms with E-state index in [4.69, 9.17) is 4.98 Å². The summed E-state index contributed by atoms with van der Waals surface area (Å²) in [4.78, 5) is 20.0. The van der Waals surface area contributed by atoms with E-state index in [1.807, 2.05) is 12.3 Å². The minimum absolute atomic E-state index is 0.104. The van der Waals surface area contributed by atoms with Crippen LogP contribution in [0.1, 0.15) is 86.1 Å². The smallest absolute Gasteiger partial charge is 0.273 e. The van der Waals surface area contributed by atoms with Gasteiger partial charge in [0.15, 0.2) is 0 Å². The lowest BCUT2D eigenvalue weighted by molar-refractivity contribution is 0.0386. The van der Waals surface area contributed by atoms with Gasteiger partial charge in [0, 0.05) is 37.0 Å². The van der Waals surface area contributed by atoms with E-state index in [2.05, 4.69) is 4.90 Å². The van der Waals surface area contributed by atoms with Gasteiger partial charge in [-0.1, -0.05) is 19.8 Å². The SMILES string of the molecule is CCCS(=O)(=O)N1CCC(c2nc(C(=O)N3CCCC4CCCCC43)cs2)CC1. The Morgan fingerprint density at radius 1 is 1.10 bits per heavy atom. The molecule has 3 aliphatic rings. The second-order valence-corrected chi connectivity index (χ2v) is 11.8. The average molecular weight is 440 g/mol. The number of hydrogen-bond donors (Lipinski definition) is 0. The number of amides is 1. The number of likely N-dealkylation sites (tertiary alicyclic amines) is 1. The lowest BCUT2D eigenvalue weighted by Gasteiger charge is -2.43. The Hall–Kier alpha value is -0.990. The molecule has 162 valence electrons. The van der Waals surface area contributed by atoms with E-state index in [9.17, 15) is 13.2 Å². The number of hydrogen-bond acceptors (Lipinski definition) is 5. The molecule has 6 nitrogen and oxygen atoms in total. The van der Waals surface area contributed by atoms with E-state index in [-0.39, 0.29) is 17.6 Å². The predicted molar refractivity (Wildman–Crippen MR) is 116 cm³/mol. The van der Waals surface area contributed by atoms with Crippen LogP contribution in [0.15, 0.2) is 5.38 Å². The Bertz CT molecular complexity index is 813. The fraction of sp³-hybridized carbons (Fsp3) is 0.810. The Kier molecular flexibility index (Phi) is 6.61. The monoisotopic (exact) mass is 439 g/mol. The highest BCUT2D eigenvalue weighted by molar-refractivity contribution is 7.89. The molecule has 4 rings (SSSR count). The second kappa shape index (κ2) is 9.02. The van der Waals surface area contributed by atoms with Crippen molar-refractivity contribution in [2.75, 3.05) is 25.4 Å². The lowest BCUT2D eigenvalue weighted by atomic mass is 9.78. The summed E-state index contributed by atoms with van der Waals surface area (Å²) in [5.41, 5.74) is 0.595. The summed E-state index contributed by atoms with van der Waals surface area (Å²) in [5, 5.41) is 2.92. The van der Waals surface area contributed by atoms with E-state index >= 15 is 0 Å². The second-order valence-electron chi connectivity index (χ2n) is 8.81. The molecule has 0 radical (unpaired) electrons. The number of fused-ring (bicyclic) bond motifs is 1. The van der Waals surface area contributed by atoms with Gasteiger partial charge < -0.3 is 4.90 Å². The number of aromatic nitrogens is 1. The molecule has 0 spiro atoms. The normalized spacial score (nSPS) is 27.0. The predicted octanol–water partition coefficient (Wildman–Crippen LogP) is 3.86. The molecule has 2 atom stereocenters. The third-order valence-electron chi connectivity index (χ3n) is 6.90. The topological polar surface area (TPSA) is 70.6 Å². The molecule has 0 N–H and O–H groups in total. The van der Waals surface area contributed by atoms with Crippen LogP contribution >= 0.6 is 11.3 Å². The summed E-state index contributed by atoms with van der Waals surface area (Å²) in [7, 11) is -3.12. The van der Waals surface area contributed by atoms with Crippen LogP contribution in [-0.2, 0) is 10.0 Å². The fourth-order valence-electron chi connectivity index (χ4n) is 5.37. The van der Waals surface area contributed by atoms with Crippen molar-refractivity contribution < 1.29 is 13.2 Å². The minimum Gasteiger partial charge on any atom is -0.334 e. The van der Waals surface area contributed by atoms with Crippen molar-refractivity contribution >= 4 is 27.3 Å². The number of piperidine rings is 2. The molecule has 29 heavy (non-hydrogen) atoms. The quantitative estimate of drug-likeness (QED) is 0.698. The van der Waals surface area contributed by atoms with Crippen LogP contribution in [0.25, 0.3) is 0 Å². The van der Waals surface area contributed by atoms with Crippen molar-refractivity contribution in [2.45, 2.75) is 76.7 Å². The molecule has 2 saturated heterocycles. The molecule has 1 saturated carbocycles. The standard InChI is InChI=1S/C21H33N3O3S2/c1-2-14-29(26,27)23-12-9-17(10-13-23)20-22-18(15-28-20)21(25)24-11-5-7-16-6-3-4-8-19(16)24/h15-17,19H,2-14H2,1H3. The number of carbonyl (C=O) groups excluding carboxylic acids is 1. The van der Waals surface area contributed by atoms with Gasteiger partial charge in [-0.2, -0.15) is 0 Å². The maximum absolute atomic E-state index is 13.2. The largest absolute Gasteiger partial charge is 0.334 e. The van der Waals surface area contributed by atoms with Crippen LogP contribution in [0.5, 0.6) is 0 Å². The highest BCUT2D eigenvalue weighted by Gasteiger charge is 2.37. The summed E-state index contributed by atoms with van der Waals surface area (Å²) in [6.45, 7) is 3.88. The summed E-state index contributed by atoms with van der Waals surface area (Å²) in [6, 6.07) is 0.405. The van der Waals surface area contributed by atoms with Crippen LogP contribution < -0.4 is 0 Å². The first kappa shape index (κ1) is 21.2. The zero-order valence-corrected chi connectivity index (χ0v) is 19.0. The van der Waals surface area contributed by atoms with Crippen LogP contribution in [0.2, 0.25) is 0 Å². The Labute approximate surface area is 178 Å². The first-order valence-corrected chi connectivity index (χ1v) is 13.7. The third kappa shape index (κ3) is 4.54. The number of thiazole rings is 1. The number of carbonyl (C=O) groups is 1. The van der Waals surface area contributed by atoms with Crippen LogP contribution in [0.4, 0.5) is 0 Å². The molecule has 1 aromatic heterocycles. The van der Waals surface area contributed by atoms with Gasteiger partial charge >= 0.3 is 0 Å². The zero-order valence-electron chi connectivity index (χ0n) is 17.4. The van der Waals surface area contributed by atoms with Crippen molar-refractivity contribution in [3.63, 3.8) is 0 Å². The fourth-order valence-corrected chi connectivity index (χ4v) is 7.87. The van der Waals surface area contributed by atoms with Crippen molar-refractivity contribution in [3.8, 4) is 0 Å². The molecule has 8 heteroatoms. The highest BCUT2D eigenvalue weighted by Crippen LogP contribution is 2.37. The first-order valence-electron chi connectivity index (χ1n) is 11.2. The van der Waals surface area contributed by atoms with E-state index in [0.717, 1.165) is 37.2 Å². The Morgan fingerprint density at radius 3 is 2.59 bits per heavy atom. The van der Waals surface area contributed by atoms with Crippen LogP contribution in [0.3, 0.4) is 0 Å². The van der Waals surface area contributed by atoms with E-state index in [1.165, 1.54) is 25.7 Å². The summed E-state index contributed by atoms with van der Waals surface area (Å²) in [6.07, 6.45) is 9.53. The average Bonchev–Trinajstić information content (AvgIpc) is 3.23. The van der Waals surface area contributed by atoms with Gasteiger partial charge in [0.2, 0.25) is 10.0 Å². The number of nitrogens with zero attached hydrogens (tertiary/aromatic N) is 3. The van der Waals surface area contributed by atoms with Crippen LogP contribution in [0, 0.1) is 5.92 Å². The molecule has 0 aromatic carbocycles. The molecule has 2 aliphatic heterocycles. The van der Waals surface area contributed by atoms with Gasteiger partial charge in [-0.3, -0.25) is 4.79 Å². The van der Waals surface area contributed by atoms with Crippen LogP contribution in [-0.4, -0.2) is 59.9 Å².